The molecule has 2 fully saturated rings. The van der Waals surface area contributed by atoms with Crippen LogP contribution >= 0.6 is 0 Å². The van der Waals surface area contributed by atoms with Crippen LogP contribution in [0, 0.1) is 0 Å². The van der Waals surface area contributed by atoms with E-state index < -0.39 is 0 Å². The van der Waals surface area contributed by atoms with Gasteiger partial charge in [0.25, 0.3) is 5.91 Å². The maximum atomic E-state index is 13.3. The topological polar surface area (TPSA) is 136 Å². The fourth-order valence-electron chi connectivity index (χ4n) is 4.24. The van der Waals surface area contributed by atoms with Gasteiger partial charge < -0.3 is 30.1 Å². The molecule has 35 heavy (non-hydrogen) atoms. The molecule has 188 valence electrons. The zero-order chi connectivity index (χ0) is 24.8. The number of nitrogens with one attached hydrogen (secondary N) is 3. The third kappa shape index (κ3) is 6.07. The highest BCUT2D eigenvalue weighted by molar-refractivity contribution is 5.94. The van der Waals surface area contributed by atoms with Crippen molar-refractivity contribution in [2.24, 2.45) is 0 Å². The highest BCUT2D eigenvalue weighted by atomic mass is 16.5. The number of aromatic amines is 1. The summed E-state index contributed by atoms with van der Waals surface area (Å²) in [5.41, 5.74) is 2.13. The van der Waals surface area contributed by atoms with Gasteiger partial charge in [0.15, 0.2) is 5.82 Å². The smallest absolute Gasteiger partial charge is 0.317 e. The van der Waals surface area contributed by atoms with Gasteiger partial charge in [-0.2, -0.15) is 5.10 Å². The van der Waals surface area contributed by atoms with Crippen molar-refractivity contribution in [1.82, 2.24) is 30.3 Å². The van der Waals surface area contributed by atoms with Crippen molar-refractivity contribution < 1.29 is 19.1 Å². The highest BCUT2D eigenvalue weighted by Crippen LogP contribution is 2.32. The lowest BCUT2D eigenvalue weighted by atomic mass is 9.98. The third-order valence-electron chi connectivity index (χ3n) is 6.14. The van der Waals surface area contributed by atoms with E-state index in [1.165, 1.54) is 4.90 Å². The number of pyridine rings is 1. The second-order valence-electron chi connectivity index (χ2n) is 8.82. The predicted molar refractivity (Wildman–Crippen MR) is 129 cm³/mol. The maximum absolute atomic E-state index is 13.3. The number of H-pyrrole nitrogens is 1. The minimum absolute atomic E-state index is 0.130. The second-order valence-corrected chi connectivity index (χ2v) is 8.82. The van der Waals surface area contributed by atoms with Crippen LogP contribution in [-0.4, -0.2) is 96.3 Å². The molecule has 0 bridgehead atoms. The van der Waals surface area contributed by atoms with Gasteiger partial charge in [-0.05, 0) is 31.4 Å². The summed E-state index contributed by atoms with van der Waals surface area (Å²) < 4.78 is 5.40. The molecule has 12 heteroatoms. The number of likely N-dealkylation sites (tertiary alicyclic amines) is 1. The molecule has 4 heterocycles. The average Bonchev–Trinajstić information content (AvgIpc) is 3.35. The number of hydrogen-bond donors (Lipinski definition) is 3. The van der Waals surface area contributed by atoms with Crippen molar-refractivity contribution in [3.63, 3.8) is 0 Å². The van der Waals surface area contributed by atoms with E-state index in [-0.39, 0.29) is 30.4 Å². The number of aromatic nitrogens is 3. The minimum atomic E-state index is -0.389. The number of anilines is 2. The monoisotopic (exact) mass is 484 g/mol. The molecule has 2 aliphatic rings. The summed E-state index contributed by atoms with van der Waals surface area (Å²) in [6.07, 6.45) is 4.43. The molecular formula is C23H32N8O4. The number of carbonyl (C=O) groups excluding carboxylic acids is 3. The number of piperidine rings is 1. The van der Waals surface area contributed by atoms with E-state index in [9.17, 15) is 14.4 Å². The van der Waals surface area contributed by atoms with E-state index in [1.807, 2.05) is 11.0 Å². The zero-order valence-electron chi connectivity index (χ0n) is 20.1. The summed E-state index contributed by atoms with van der Waals surface area (Å²) in [4.78, 5) is 46.9. The Morgan fingerprint density at radius 2 is 1.97 bits per heavy atom. The van der Waals surface area contributed by atoms with Crippen LogP contribution in [0.4, 0.5) is 16.3 Å². The lowest BCUT2D eigenvalue weighted by molar-refractivity contribution is -0.115. The first-order chi connectivity index (χ1) is 16.9. The molecule has 0 aromatic carbocycles. The number of urea groups is 1. The quantitative estimate of drug-likeness (QED) is 0.561. The molecular weight excluding hydrogens is 452 g/mol. The molecule has 0 saturated carbocycles. The van der Waals surface area contributed by atoms with Gasteiger partial charge in [0, 0.05) is 39.8 Å². The number of nitrogens with zero attached hydrogens (tertiary/aromatic N) is 5. The van der Waals surface area contributed by atoms with Crippen molar-refractivity contribution in [2.45, 2.75) is 25.3 Å². The molecule has 1 atom stereocenters. The van der Waals surface area contributed by atoms with Crippen LogP contribution < -0.4 is 15.5 Å². The van der Waals surface area contributed by atoms with E-state index in [2.05, 4.69) is 30.7 Å². The van der Waals surface area contributed by atoms with E-state index >= 15 is 0 Å². The molecule has 2 saturated heterocycles. The molecule has 0 aliphatic carbocycles. The maximum Gasteiger partial charge on any atom is 0.317 e. The second kappa shape index (κ2) is 11.2. The van der Waals surface area contributed by atoms with Gasteiger partial charge in [0.05, 0.1) is 43.4 Å². The van der Waals surface area contributed by atoms with Crippen LogP contribution in [0.15, 0.2) is 24.4 Å². The van der Waals surface area contributed by atoms with Crippen molar-refractivity contribution >= 4 is 29.4 Å². The van der Waals surface area contributed by atoms with Crippen LogP contribution in [0.25, 0.3) is 0 Å². The minimum Gasteiger partial charge on any atom is -0.378 e. The molecule has 12 nitrogen and oxygen atoms in total. The van der Waals surface area contributed by atoms with Crippen LogP contribution in [0.2, 0.25) is 0 Å². The largest absolute Gasteiger partial charge is 0.378 e. The van der Waals surface area contributed by atoms with E-state index in [0.717, 1.165) is 43.7 Å². The van der Waals surface area contributed by atoms with Crippen molar-refractivity contribution in [3.8, 4) is 0 Å². The SMILES string of the molecule is CN(C)C(=O)NCC(=O)Nc1cc([C@H]2CCCCN2C(=O)c2ccc(N3CCOCC3)cn2)[nH]n1. The van der Waals surface area contributed by atoms with E-state index in [0.29, 0.717) is 31.3 Å². The summed E-state index contributed by atoms with van der Waals surface area (Å²) in [6, 6.07) is 4.90. The van der Waals surface area contributed by atoms with Crippen LogP contribution in [-0.2, 0) is 9.53 Å². The third-order valence-corrected chi connectivity index (χ3v) is 6.14. The first-order valence-electron chi connectivity index (χ1n) is 11.8. The van der Waals surface area contributed by atoms with Crippen LogP contribution in [0.1, 0.15) is 41.5 Å². The van der Waals surface area contributed by atoms with Crippen molar-refractivity contribution in [1.29, 1.82) is 0 Å². The average molecular weight is 485 g/mol. The number of hydrogen-bond acceptors (Lipinski definition) is 7. The fraction of sp³-hybridized carbons (Fsp3) is 0.522. The van der Waals surface area contributed by atoms with E-state index in [4.69, 9.17) is 4.74 Å². The normalized spacial score (nSPS) is 18.2. The van der Waals surface area contributed by atoms with Gasteiger partial charge in [-0.3, -0.25) is 14.7 Å². The summed E-state index contributed by atoms with van der Waals surface area (Å²) >= 11 is 0. The number of amides is 4. The van der Waals surface area contributed by atoms with Crippen LogP contribution in [0.5, 0.6) is 0 Å². The zero-order valence-corrected chi connectivity index (χ0v) is 20.1. The number of ether oxygens (including phenoxy) is 1. The molecule has 4 amide bonds. The van der Waals surface area contributed by atoms with Gasteiger partial charge in [0.1, 0.15) is 5.69 Å². The molecule has 2 aromatic heterocycles. The van der Waals surface area contributed by atoms with Crippen molar-refractivity contribution in [3.05, 3.63) is 35.8 Å². The highest BCUT2D eigenvalue weighted by Gasteiger charge is 2.31. The van der Waals surface area contributed by atoms with Gasteiger partial charge in [-0.1, -0.05) is 0 Å². The Hall–Kier alpha value is -3.67. The number of morpholine rings is 1. The molecule has 4 rings (SSSR count). The number of carbonyl (C=O) groups is 3. The molecule has 0 unspecified atom stereocenters. The van der Waals surface area contributed by atoms with Gasteiger partial charge >= 0.3 is 6.03 Å². The van der Waals surface area contributed by atoms with Crippen molar-refractivity contribution in [2.75, 3.05) is 63.7 Å². The molecule has 0 radical (unpaired) electrons. The van der Waals surface area contributed by atoms with Gasteiger partial charge in [-0.25, -0.2) is 9.78 Å². The Morgan fingerprint density at radius 3 is 2.69 bits per heavy atom. The van der Waals surface area contributed by atoms with Crippen LogP contribution in [0.3, 0.4) is 0 Å². The standard InChI is InChI=1S/C23H32N8O4/c1-29(2)23(34)25-15-21(32)26-20-13-18(27-28-20)19-5-3-4-8-31(19)22(33)17-7-6-16(14-24-17)30-9-11-35-12-10-30/h6-7,13-14,19H,3-5,8-12,15H2,1-2H3,(H,25,34)(H2,26,27,28,32)/t19-/m1/s1. The lowest BCUT2D eigenvalue weighted by Crippen LogP contribution is -2.39. The first-order valence-corrected chi connectivity index (χ1v) is 11.8. The summed E-state index contributed by atoms with van der Waals surface area (Å²) in [6.45, 7) is 3.45. The summed E-state index contributed by atoms with van der Waals surface area (Å²) in [5.74, 6) is -0.177. The van der Waals surface area contributed by atoms with E-state index in [1.54, 1.807) is 32.4 Å². The molecule has 2 aromatic rings. The molecule has 3 N–H and O–H groups in total. The Bertz CT molecular complexity index is 1030. The van der Waals surface area contributed by atoms with Gasteiger partial charge in [-0.15, -0.1) is 0 Å². The Labute approximate surface area is 204 Å². The fourth-order valence-corrected chi connectivity index (χ4v) is 4.24. The lowest BCUT2D eigenvalue weighted by Gasteiger charge is -2.35. The Kier molecular flexibility index (Phi) is 7.80. The molecule has 0 spiro atoms. The first kappa shape index (κ1) is 24.5. The number of rotatable bonds is 6. The Balaban J connectivity index is 1.39. The van der Waals surface area contributed by atoms with Gasteiger partial charge in [0.2, 0.25) is 5.91 Å². The summed E-state index contributed by atoms with van der Waals surface area (Å²) in [7, 11) is 3.19. The summed E-state index contributed by atoms with van der Waals surface area (Å²) in [5, 5.41) is 12.3. The molecule has 2 aliphatic heterocycles. The predicted octanol–water partition coefficient (Wildman–Crippen LogP) is 1.22. The Morgan fingerprint density at radius 1 is 1.17 bits per heavy atom.